The normalized spacial score (nSPS) is 12.3. The maximum Gasteiger partial charge on any atom is 0.315 e. The molecule has 1 unspecified atom stereocenters. The van der Waals surface area contributed by atoms with E-state index in [2.05, 4.69) is 10.6 Å². The van der Waals surface area contributed by atoms with Crippen molar-refractivity contribution < 1.29 is 22.7 Å². The number of benzene rings is 2. The highest BCUT2D eigenvalue weighted by atomic mass is 32.2. The van der Waals surface area contributed by atoms with Gasteiger partial charge in [-0.2, -0.15) is 4.31 Å². The van der Waals surface area contributed by atoms with Crippen LogP contribution >= 0.6 is 0 Å². The van der Waals surface area contributed by atoms with E-state index in [9.17, 15) is 13.2 Å². The molecule has 2 aromatic carbocycles. The minimum absolute atomic E-state index is 0.245. The zero-order chi connectivity index (χ0) is 23.7. The van der Waals surface area contributed by atoms with Crippen molar-refractivity contribution in [2.24, 2.45) is 0 Å². The molecule has 32 heavy (non-hydrogen) atoms. The predicted octanol–water partition coefficient (Wildman–Crippen LogP) is 3.34. The van der Waals surface area contributed by atoms with Crippen molar-refractivity contribution in [2.45, 2.75) is 38.1 Å². The zero-order valence-corrected chi connectivity index (χ0v) is 20.2. The van der Waals surface area contributed by atoms with E-state index < -0.39 is 10.0 Å². The molecule has 0 heterocycles. The number of carbonyl (C=O) groups excluding carboxylic acids is 1. The van der Waals surface area contributed by atoms with Crippen molar-refractivity contribution >= 4 is 16.1 Å². The second-order valence-corrected chi connectivity index (χ2v) is 9.15. The Hall–Kier alpha value is -2.78. The fraction of sp³-hybridized carbons (Fsp3) is 0.435. The Bertz CT molecular complexity index is 989. The van der Waals surface area contributed by atoms with Crippen LogP contribution in [0.2, 0.25) is 0 Å². The summed E-state index contributed by atoms with van der Waals surface area (Å²) in [5.74, 6) is 1.42. The first-order chi connectivity index (χ1) is 15.3. The standard InChI is InChI=1S/C23H33N3O5S/c1-6-26(7-2)32(28,29)21-12-9-18(10-13-21)17(3)25-23(27)24-15-14-19-8-11-20(30-4)16-22(19)31-5/h8-13,16-17H,6-7,14-15H2,1-5H3,(H2,24,25,27). The summed E-state index contributed by atoms with van der Waals surface area (Å²) in [5.41, 5.74) is 1.78. The number of hydrogen-bond acceptors (Lipinski definition) is 5. The number of carbonyl (C=O) groups is 1. The molecule has 0 spiro atoms. The third-order valence-electron chi connectivity index (χ3n) is 5.25. The Labute approximate surface area is 191 Å². The predicted molar refractivity (Wildman–Crippen MR) is 125 cm³/mol. The molecule has 2 N–H and O–H groups in total. The van der Waals surface area contributed by atoms with E-state index in [1.807, 2.05) is 39.0 Å². The maximum atomic E-state index is 12.6. The van der Waals surface area contributed by atoms with Gasteiger partial charge in [0, 0.05) is 25.7 Å². The van der Waals surface area contributed by atoms with Crippen LogP contribution in [0.25, 0.3) is 0 Å². The van der Waals surface area contributed by atoms with E-state index in [1.165, 1.54) is 4.31 Å². The molecule has 2 rings (SSSR count). The lowest BCUT2D eigenvalue weighted by atomic mass is 10.1. The average Bonchev–Trinajstić information content (AvgIpc) is 2.79. The van der Waals surface area contributed by atoms with Crippen LogP contribution in [0.4, 0.5) is 4.79 Å². The summed E-state index contributed by atoms with van der Waals surface area (Å²) in [4.78, 5) is 12.5. The quantitative estimate of drug-likeness (QED) is 0.533. The van der Waals surface area contributed by atoms with Gasteiger partial charge >= 0.3 is 6.03 Å². The molecule has 9 heteroatoms. The molecule has 0 aliphatic carbocycles. The zero-order valence-electron chi connectivity index (χ0n) is 19.3. The SMILES string of the molecule is CCN(CC)S(=O)(=O)c1ccc(C(C)NC(=O)NCCc2ccc(OC)cc2OC)cc1. The van der Waals surface area contributed by atoms with Crippen molar-refractivity contribution in [1.82, 2.24) is 14.9 Å². The fourth-order valence-electron chi connectivity index (χ4n) is 3.34. The molecule has 0 fully saturated rings. The molecule has 0 aliphatic heterocycles. The molecule has 0 aromatic heterocycles. The summed E-state index contributed by atoms with van der Waals surface area (Å²) in [5, 5.41) is 5.71. The van der Waals surface area contributed by atoms with Crippen LogP contribution in [0.15, 0.2) is 47.4 Å². The van der Waals surface area contributed by atoms with Crippen molar-refractivity contribution in [3.05, 3.63) is 53.6 Å². The highest BCUT2D eigenvalue weighted by Crippen LogP contribution is 2.24. The molecule has 2 aromatic rings. The minimum Gasteiger partial charge on any atom is -0.497 e. The first-order valence-electron chi connectivity index (χ1n) is 10.6. The third-order valence-corrected chi connectivity index (χ3v) is 7.31. The smallest absolute Gasteiger partial charge is 0.315 e. The van der Waals surface area contributed by atoms with Gasteiger partial charge in [-0.1, -0.05) is 32.0 Å². The monoisotopic (exact) mass is 463 g/mol. The van der Waals surface area contributed by atoms with E-state index >= 15 is 0 Å². The number of urea groups is 1. The Kier molecular flexibility index (Phi) is 9.34. The van der Waals surface area contributed by atoms with E-state index in [0.717, 1.165) is 11.1 Å². The van der Waals surface area contributed by atoms with E-state index in [4.69, 9.17) is 9.47 Å². The Morgan fingerprint density at radius 2 is 1.69 bits per heavy atom. The van der Waals surface area contributed by atoms with Gasteiger partial charge in [-0.15, -0.1) is 0 Å². The minimum atomic E-state index is -3.50. The number of sulfonamides is 1. The van der Waals surface area contributed by atoms with Gasteiger partial charge in [-0.3, -0.25) is 0 Å². The van der Waals surface area contributed by atoms with Crippen LogP contribution in [0.3, 0.4) is 0 Å². The lowest BCUT2D eigenvalue weighted by molar-refractivity contribution is 0.238. The van der Waals surface area contributed by atoms with Crippen molar-refractivity contribution in [1.29, 1.82) is 0 Å². The van der Waals surface area contributed by atoms with Crippen molar-refractivity contribution in [3.8, 4) is 11.5 Å². The number of nitrogens with one attached hydrogen (secondary N) is 2. The highest BCUT2D eigenvalue weighted by Gasteiger charge is 2.21. The second-order valence-electron chi connectivity index (χ2n) is 7.21. The first-order valence-corrected chi connectivity index (χ1v) is 12.1. The van der Waals surface area contributed by atoms with E-state index in [0.29, 0.717) is 37.6 Å². The van der Waals surface area contributed by atoms with Crippen molar-refractivity contribution in [3.63, 3.8) is 0 Å². The summed E-state index contributed by atoms with van der Waals surface area (Å²) < 4.78 is 37.2. The van der Waals surface area contributed by atoms with Crippen molar-refractivity contribution in [2.75, 3.05) is 33.9 Å². The Balaban J connectivity index is 1.91. The largest absolute Gasteiger partial charge is 0.497 e. The topological polar surface area (TPSA) is 97.0 Å². The molecular formula is C23H33N3O5S. The van der Waals surface area contributed by atoms with E-state index in [1.54, 1.807) is 38.5 Å². The van der Waals surface area contributed by atoms with Crippen LogP contribution in [-0.2, 0) is 16.4 Å². The first kappa shape index (κ1) is 25.5. The van der Waals surface area contributed by atoms with Gasteiger partial charge in [0.15, 0.2) is 0 Å². The summed E-state index contributed by atoms with van der Waals surface area (Å²) in [6.45, 7) is 6.74. The molecule has 0 bridgehead atoms. The number of methoxy groups -OCH3 is 2. The van der Waals surface area contributed by atoms with Gasteiger partial charge in [-0.25, -0.2) is 13.2 Å². The highest BCUT2D eigenvalue weighted by molar-refractivity contribution is 7.89. The van der Waals surface area contributed by atoms with Crippen LogP contribution in [0, 0.1) is 0 Å². The number of amides is 2. The Morgan fingerprint density at radius 1 is 1.03 bits per heavy atom. The lowest BCUT2D eigenvalue weighted by Gasteiger charge is -2.19. The summed E-state index contributed by atoms with van der Waals surface area (Å²) >= 11 is 0. The lowest BCUT2D eigenvalue weighted by Crippen LogP contribution is -2.38. The van der Waals surface area contributed by atoms with Gasteiger partial charge in [-0.05, 0) is 42.7 Å². The summed E-state index contributed by atoms with van der Waals surface area (Å²) in [6.07, 6.45) is 0.604. The molecule has 0 aliphatic rings. The fourth-order valence-corrected chi connectivity index (χ4v) is 4.80. The third kappa shape index (κ3) is 6.37. The molecule has 176 valence electrons. The average molecular weight is 464 g/mol. The molecule has 2 amide bonds. The van der Waals surface area contributed by atoms with Gasteiger partial charge in [0.25, 0.3) is 0 Å². The summed E-state index contributed by atoms with van der Waals surface area (Å²) in [7, 11) is -0.308. The molecule has 8 nitrogen and oxygen atoms in total. The molecule has 0 radical (unpaired) electrons. The van der Waals surface area contributed by atoms with Crippen LogP contribution in [-0.4, -0.2) is 52.6 Å². The van der Waals surface area contributed by atoms with Gasteiger partial charge < -0.3 is 20.1 Å². The molecule has 1 atom stereocenters. The summed E-state index contributed by atoms with van der Waals surface area (Å²) in [6, 6.07) is 11.6. The molecule has 0 saturated carbocycles. The molecule has 0 saturated heterocycles. The number of nitrogens with zero attached hydrogens (tertiary/aromatic N) is 1. The second kappa shape index (κ2) is 11.7. The maximum absolute atomic E-state index is 12.6. The van der Waals surface area contributed by atoms with Gasteiger partial charge in [0.2, 0.25) is 10.0 Å². The van der Waals surface area contributed by atoms with Crippen LogP contribution < -0.4 is 20.1 Å². The Morgan fingerprint density at radius 3 is 2.25 bits per heavy atom. The number of hydrogen-bond donors (Lipinski definition) is 2. The van der Waals surface area contributed by atoms with Gasteiger partial charge in [0.05, 0.1) is 25.2 Å². The van der Waals surface area contributed by atoms with Crippen LogP contribution in [0.1, 0.15) is 37.9 Å². The molecular weight excluding hydrogens is 430 g/mol. The van der Waals surface area contributed by atoms with Gasteiger partial charge in [0.1, 0.15) is 11.5 Å². The number of rotatable bonds is 11. The number of ether oxygens (including phenoxy) is 2. The van der Waals surface area contributed by atoms with E-state index in [-0.39, 0.29) is 17.0 Å². The van der Waals surface area contributed by atoms with Crippen LogP contribution in [0.5, 0.6) is 11.5 Å².